The average molecular weight is 342 g/mol. The molecule has 1 aromatic heterocycles. The molecule has 1 saturated heterocycles. The van der Waals surface area contributed by atoms with Gasteiger partial charge in [-0.05, 0) is 57.2 Å². The maximum atomic E-state index is 12.8. The molecule has 3 rings (SSSR count). The summed E-state index contributed by atoms with van der Waals surface area (Å²) in [6.45, 7) is 0.658. The Labute approximate surface area is 135 Å². The smallest absolute Gasteiger partial charge is 0.264 e. The van der Waals surface area contributed by atoms with Gasteiger partial charge in [0.1, 0.15) is 0 Å². The third-order valence-corrected chi connectivity index (χ3v) is 7.24. The van der Waals surface area contributed by atoms with Crippen LogP contribution < -0.4 is 4.72 Å². The molecule has 1 atom stereocenters. The molecule has 22 heavy (non-hydrogen) atoms. The number of hydrogen-bond donors (Lipinski definition) is 1. The highest BCUT2D eigenvalue weighted by molar-refractivity contribution is 7.89. The maximum absolute atomic E-state index is 12.8. The number of nitrogens with zero attached hydrogens (tertiary/aromatic N) is 1. The first-order valence-corrected chi connectivity index (χ1v) is 10.3. The lowest BCUT2D eigenvalue weighted by Crippen LogP contribution is -2.41. The molecule has 0 aromatic carbocycles. The van der Waals surface area contributed by atoms with Gasteiger partial charge in [-0.15, -0.1) is 11.3 Å². The molecule has 2 aliphatic rings. The number of amides is 1. The van der Waals surface area contributed by atoms with Crippen LogP contribution in [0, 0.1) is 0 Å². The summed E-state index contributed by atoms with van der Waals surface area (Å²) in [7, 11) is -1.87. The Hall–Kier alpha value is -0.920. The SMILES string of the molecule is CNS(=O)(=O)CC1CCCN1C(=O)c1cc2c(s1)CCCC2. The second-order valence-electron chi connectivity index (χ2n) is 6.05. The molecule has 2 heterocycles. The molecule has 0 radical (unpaired) electrons. The van der Waals surface area contributed by atoms with Crippen LogP contribution in [0.25, 0.3) is 0 Å². The summed E-state index contributed by atoms with van der Waals surface area (Å²) in [5, 5.41) is 0. The highest BCUT2D eigenvalue weighted by Gasteiger charge is 2.33. The van der Waals surface area contributed by atoms with E-state index in [1.165, 1.54) is 30.3 Å². The van der Waals surface area contributed by atoms with Gasteiger partial charge < -0.3 is 4.90 Å². The van der Waals surface area contributed by atoms with Crippen LogP contribution in [0.5, 0.6) is 0 Å². The second kappa shape index (κ2) is 6.29. The number of aryl methyl sites for hydroxylation is 2. The van der Waals surface area contributed by atoms with Gasteiger partial charge in [0.05, 0.1) is 10.6 Å². The molecule has 1 unspecified atom stereocenters. The minimum absolute atomic E-state index is 0.000327. The van der Waals surface area contributed by atoms with Gasteiger partial charge in [0.2, 0.25) is 10.0 Å². The zero-order valence-electron chi connectivity index (χ0n) is 12.8. The first-order valence-electron chi connectivity index (χ1n) is 7.84. The van der Waals surface area contributed by atoms with Gasteiger partial charge in [0, 0.05) is 17.5 Å². The van der Waals surface area contributed by atoms with Crippen LogP contribution in [-0.4, -0.2) is 44.6 Å². The highest BCUT2D eigenvalue weighted by atomic mass is 32.2. The van der Waals surface area contributed by atoms with Gasteiger partial charge in [-0.3, -0.25) is 4.79 Å². The van der Waals surface area contributed by atoms with E-state index in [-0.39, 0.29) is 17.7 Å². The molecule has 1 aromatic rings. The Bertz CT molecular complexity index is 643. The standard InChI is InChI=1S/C15H22N2O3S2/c1-16-22(19,20)10-12-6-4-8-17(12)15(18)14-9-11-5-2-3-7-13(11)21-14/h9,12,16H,2-8,10H2,1H3. The van der Waals surface area contributed by atoms with Gasteiger partial charge in [0.25, 0.3) is 5.91 Å². The summed E-state index contributed by atoms with van der Waals surface area (Å²) >= 11 is 1.60. The molecule has 7 heteroatoms. The van der Waals surface area contributed by atoms with Crippen molar-refractivity contribution in [3.8, 4) is 0 Å². The predicted octanol–water partition coefficient (Wildman–Crippen LogP) is 1.78. The number of rotatable bonds is 4. The van der Waals surface area contributed by atoms with E-state index in [1.807, 2.05) is 6.07 Å². The molecule has 1 aliphatic heterocycles. The molecule has 5 nitrogen and oxygen atoms in total. The van der Waals surface area contributed by atoms with E-state index in [2.05, 4.69) is 4.72 Å². The number of likely N-dealkylation sites (tertiary alicyclic amines) is 1. The Kier molecular flexibility index (Phi) is 4.56. The lowest BCUT2D eigenvalue weighted by molar-refractivity contribution is 0.0754. The largest absolute Gasteiger partial charge is 0.334 e. The fourth-order valence-electron chi connectivity index (χ4n) is 3.35. The molecular formula is C15H22N2O3S2. The van der Waals surface area contributed by atoms with Crippen LogP contribution in [-0.2, 0) is 22.9 Å². The number of nitrogens with one attached hydrogen (secondary N) is 1. The van der Waals surface area contributed by atoms with Crippen molar-refractivity contribution in [2.75, 3.05) is 19.3 Å². The Morgan fingerprint density at radius 3 is 2.86 bits per heavy atom. The summed E-state index contributed by atoms with van der Waals surface area (Å²) in [6, 6.07) is 1.83. The van der Waals surface area contributed by atoms with Crippen molar-refractivity contribution >= 4 is 27.3 Å². The Balaban J connectivity index is 1.77. The van der Waals surface area contributed by atoms with E-state index < -0.39 is 10.0 Å². The van der Waals surface area contributed by atoms with E-state index >= 15 is 0 Å². The topological polar surface area (TPSA) is 66.5 Å². The molecule has 0 bridgehead atoms. The summed E-state index contributed by atoms with van der Waals surface area (Å²) in [5.41, 5.74) is 1.32. The van der Waals surface area contributed by atoms with Crippen LogP contribution >= 0.6 is 11.3 Å². The fourth-order valence-corrected chi connectivity index (χ4v) is 5.58. The predicted molar refractivity (Wildman–Crippen MR) is 87.9 cm³/mol. The van der Waals surface area contributed by atoms with Crippen LogP contribution in [0.2, 0.25) is 0 Å². The van der Waals surface area contributed by atoms with Crippen molar-refractivity contribution in [1.82, 2.24) is 9.62 Å². The van der Waals surface area contributed by atoms with Crippen molar-refractivity contribution < 1.29 is 13.2 Å². The maximum Gasteiger partial charge on any atom is 0.264 e. The Morgan fingerprint density at radius 2 is 2.14 bits per heavy atom. The molecular weight excluding hydrogens is 320 g/mol. The lowest BCUT2D eigenvalue weighted by atomic mass is 9.99. The molecule has 122 valence electrons. The minimum Gasteiger partial charge on any atom is -0.334 e. The van der Waals surface area contributed by atoms with Crippen molar-refractivity contribution in [1.29, 1.82) is 0 Å². The van der Waals surface area contributed by atoms with Crippen LogP contribution in [0.1, 0.15) is 45.8 Å². The van der Waals surface area contributed by atoms with Gasteiger partial charge in [-0.1, -0.05) is 0 Å². The van der Waals surface area contributed by atoms with Crippen molar-refractivity contribution in [2.45, 2.75) is 44.6 Å². The van der Waals surface area contributed by atoms with E-state index in [1.54, 1.807) is 16.2 Å². The van der Waals surface area contributed by atoms with Crippen LogP contribution in [0.3, 0.4) is 0 Å². The summed E-state index contributed by atoms with van der Waals surface area (Å²) in [6.07, 6.45) is 6.18. The average Bonchev–Trinajstić information content (AvgIpc) is 3.12. The molecule has 1 aliphatic carbocycles. The van der Waals surface area contributed by atoms with Crippen molar-refractivity contribution in [3.05, 3.63) is 21.4 Å². The highest BCUT2D eigenvalue weighted by Crippen LogP contribution is 2.32. The zero-order valence-corrected chi connectivity index (χ0v) is 14.4. The first kappa shape index (κ1) is 16.0. The normalized spacial score (nSPS) is 21.9. The summed E-state index contributed by atoms with van der Waals surface area (Å²) in [4.78, 5) is 16.6. The number of carbonyl (C=O) groups excluding carboxylic acids is 1. The van der Waals surface area contributed by atoms with Gasteiger partial charge >= 0.3 is 0 Å². The molecule has 0 spiro atoms. The Morgan fingerprint density at radius 1 is 1.36 bits per heavy atom. The number of hydrogen-bond acceptors (Lipinski definition) is 4. The number of thiophene rings is 1. The lowest BCUT2D eigenvalue weighted by Gasteiger charge is -2.23. The first-order chi connectivity index (χ1) is 10.5. The summed E-state index contributed by atoms with van der Waals surface area (Å²) in [5.74, 6) is 0.00792. The van der Waals surface area contributed by atoms with E-state index in [0.29, 0.717) is 6.54 Å². The van der Waals surface area contributed by atoms with E-state index in [0.717, 1.165) is 30.6 Å². The van der Waals surface area contributed by atoms with Gasteiger partial charge in [0.15, 0.2) is 0 Å². The zero-order chi connectivity index (χ0) is 15.7. The molecule has 1 fully saturated rings. The van der Waals surface area contributed by atoms with Gasteiger partial charge in [-0.2, -0.15) is 0 Å². The second-order valence-corrected chi connectivity index (χ2v) is 9.15. The van der Waals surface area contributed by atoms with Crippen molar-refractivity contribution in [3.63, 3.8) is 0 Å². The van der Waals surface area contributed by atoms with Crippen LogP contribution in [0.15, 0.2) is 6.07 Å². The molecule has 1 N–H and O–H groups in total. The summed E-state index contributed by atoms with van der Waals surface area (Å²) < 4.78 is 25.9. The third kappa shape index (κ3) is 3.21. The van der Waals surface area contributed by atoms with E-state index in [4.69, 9.17) is 0 Å². The monoisotopic (exact) mass is 342 g/mol. The van der Waals surface area contributed by atoms with E-state index in [9.17, 15) is 13.2 Å². The van der Waals surface area contributed by atoms with Crippen molar-refractivity contribution in [2.24, 2.45) is 0 Å². The number of carbonyl (C=O) groups is 1. The van der Waals surface area contributed by atoms with Gasteiger partial charge in [-0.25, -0.2) is 13.1 Å². The minimum atomic E-state index is -3.29. The number of sulfonamides is 1. The third-order valence-electron chi connectivity index (χ3n) is 4.57. The quantitative estimate of drug-likeness (QED) is 0.907. The van der Waals surface area contributed by atoms with Crippen LogP contribution in [0.4, 0.5) is 0 Å². The molecule has 0 saturated carbocycles. The molecule has 1 amide bonds. The number of fused-ring (bicyclic) bond motifs is 1. The fraction of sp³-hybridized carbons (Fsp3) is 0.667.